The van der Waals surface area contributed by atoms with E-state index in [1.165, 1.54) is 6.07 Å². The molecule has 0 saturated carbocycles. The molecule has 0 unspecified atom stereocenters. The number of aryl methyl sites for hydroxylation is 1. The van der Waals surface area contributed by atoms with Crippen LogP contribution in [0.3, 0.4) is 0 Å². The van der Waals surface area contributed by atoms with Crippen LogP contribution < -0.4 is 10.1 Å². The van der Waals surface area contributed by atoms with Crippen molar-refractivity contribution in [3.05, 3.63) is 71.4 Å². The topological polar surface area (TPSA) is 68.6 Å². The van der Waals surface area contributed by atoms with Crippen molar-refractivity contribution in [2.24, 2.45) is 0 Å². The van der Waals surface area contributed by atoms with Crippen LogP contribution in [0.25, 0.3) is 5.69 Å². The molecule has 1 aliphatic heterocycles. The third kappa shape index (κ3) is 5.97. The van der Waals surface area contributed by atoms with Gasteiger partial charge in [-0.05, 0) is 57.9 Å². The summed E-state index contributed by atoms with van der Waals surface area (Å²) in [5.41, 5.74) is 1.95. The van der Waals surface area contributed by atoms with Gasteiger partial charge in [-0.15, -0.1) is 0 Å². The maximum atomic E-state index is 14.5. The summed E-state index contributed by atoms with van der Waals surface area (Å²) in [6.45, 7) is 6.86. The van der Waals surface area contributed by atoms with Gasteiger partial charge in [-0.3, -0.25) is 0 Å². The summed E-state index contributed by atoms with van der Waals surface area (Å²) in [6.07, 6.45) is 1.77. The van der Waals surface area contributed by atoms with Gasteiger partial charge in [-0.1, -0.05) is 18.2 Å². The van der Waals surface area contributed by atoms with E-state index in [1.54, 1.807) is 9.58 Å². The number of aromatic nitrogens is 2. The Morgan fingerprint density at radius 3 is 2.69 bits per heavy atom. The van der Waals surface area contributed by atoms with Crippen molar-refractivity contribution in [3.63, 3.8) is 0 Å². The van der Waals surface area contributed by atoms with Crippen molar-refractivity contribution < 1.29 is 23.0 Å². The highest BCUT2D eigenvalue weighted by Crippen LogP contribution is 2.33. The summed E-state index contributed by atoms with van der Waals surface area (Å²) < 4.78 is 41.4. The molecular weight excluding hydrogens is 454 g/mol. The van der Waals surface area contributed by atoms with E-state index in [9.17, 15) is 13.6 Å². The lowest BCUT2D eigenvalue weighted by atomic mass is 10.2. The quantitative estimate of drug-likeness (QED) is 0.468. The molecule has 3 aromatic rings. The number of rotatable bonds is 8. The third-order valence-corrected chi connectivity index (χ3v) is 5.73. The van der Waals surface area contributed by atoms with Gasteiger partial charge in [-0.25, -0.2) is 18.3 Å². The van der Waals surface area contributed by atoms with Crippen LogP contribution in [0.5, 0.6) is 11.6 Å². The smallest absolute Gasteiger partial charge is 0.317 e. The first-order chi connectivity index (χ1) is 16.8. The highest BCUT2D eigenvalue weighted by atomic mass is 19.1. The summed E-state index contributed by atoms with van der Waals surface area (Å²) in [5.74, 6) is -1.41. The zero-order chi connectivity index (χ0) is 24.9. The van der Waals surface area contributed by atoms with Crippen molar-refractivity contribution in [2.75, 3.05) is 13.2 Å². The Bertz CT molecular complexity index is 1160. The predicted molar refractivity (Wildman–Crippen MR) is 128 cm³/mol. The first-order valence-electron chi connectivity index (χ1n) is 11.8. The van der Waals surface area contributed by atoms with Crippen LogP contribution in [0, 0.1) is 18.6 Å². The molecule has 9 heteroatoms. The molecule has 0 aliphatic carbocycles. The Labute approximate surface area is 203 Å². The van der Waals surface area contributed by atoms with E-state index < -0.39 is 11.6 Å². The number of nitrogens with zero attached hydrogens (tertiary/aromatic N) is 3. The van der Waals surface area contributed by atoms with E-state index in [0.717, 1.165) is 25.0 Å². The van der Waals surface area contributed by atoms with Gasteiger partial charge in [0.1, 0.15) is 5.82 Å². The van der Waals surface area contributed by atoms with Gasteiger partial charge in [0.05, 0.1) is 29.6 Å². The van der Waals surface area contributed by atoms with Crippen LogP contribution in [0.1, 0.15) is 37.9 Å². The van der Waals surface area contributed by atoms with Gasteiger partial charge in [0.25, 0.3) is 0 Å². The Hall–Kier alpha value is -3.46. The number of amides is 2. The molecule has 7 nitrogen and oxygen atoms in total. The van der Waals surface area contributed by atoms with Gasteiger partial charge in [0.15, 0.2) is 11.6 Å². The number of para-hydroxylation sites is 1. The first kappa shape index (κ1) is 24.7. The molecule has 1 aromatic heterocycles. The van der Waals surface area contributed by atoms with Crippen LogP contribution in [-0.4, -0.2) is 46.0 Å². The van der Waals surface area contributed by atoms with E-state index in [1.807, 2.05) is 51.1 Å². The Morgan fingerprint density at radius 2 is 2.03 bits per heavy atom. The summed E-state index contributed by atoms with van der Waals surface area (Å²) in [6, 6.07) is 12.1. The average molecular weight is 485 g/mol. The molecule has 0 bridgehead atoms. The van der Waals surface area contributed by atoms with Crippen molar-refractivity contribution in [3.8, 4) is 17.3 Å². The number of benzene rings is 2. The van der Waals surface area contributed by atoms with Gasteiger partial charge in [0.2, 0.25) is 5.88 Å². The monoisotopic (exact) mass is 484 g/mol. The van der Waals surface area contributed by atoms with E-state index in [0.29, 0.717) is 30.1 Å². The van der Waals surface area contributed by atoms with Crippen LogP contribution in [0.2, 0.25) is 0 Å². The second-order valence-electron chi connectivity index (χ2n) is 8.91. The molecular formula is C26H30F2N4O3. The first-order valence-corrected chi connectivity index (χ1v) is 11.8. The second kappa shape index (κ2) is 10.9. The predicted octanol–water partition coefficient (Wildman–Crippen LogP) is 5.35. The minimum Gasteiger partial charge on any atom is -0.435 e. The fourth-order valence-corrected chi connectivity index (χ4v) is 4.01. The minimum atomic E-state index is -0.830. The van der Waals surface area contributed by atoms with Gasteiger partial charge in [-0.2, -0.15) is 5.10 Å². The van der Waals surface area contributed by atoms with Crippen LogP contribution >= 0.6 is 0 Å². The molecule has 4 rings (SSSR count). The van der Waals surface area contributed by atoms with E-state index in [4.69, 9.17) is 9.47 Å². The zero-order valence-corrected chi connectivity index (χ0v) is 20.1. The Morgan fingerprint density at radius 1 is 1.26 bits per heavy atom. The number of nitrogens with one attached hydrogen (secondary N) is 1. The second-order valence-corrected chi connectivity index (χ2v) is 8.91. The van der Waals surface area contributed by atoms with E-state index in [2.05, 4.69) is 10.4 Å². The number of carbonyl (C=O) groups is 1. The van der Waals surface area contributed by atoms with Crippen molar-refractivity contribution in [1.29, 1.82) is 0 Å². The van der Waals surface area contributed by atoms with Gasteiger partial charge in [0, 0.05) is 25.3 Å². The number of carbonyl (C=O) groups excluding carboxylic acids is 1. The number of hydrogen-bond acceptors (Lipinski definition) is 4. The van der Waals surface area contributed by atoms with Crippen molar-refractivity contribution in [1.82, 2.24) is 20.0 Å². The van der Waals surface area contributed by atoms with Gasteiger partial charge >= 0.3 is 6.03 Å². The lowest BCUT2D eigenvalue weighted by Crippen LogP contribution is -2.45. The van der Waals surface area contributed by atoms with Crippen LogP contribution in [-0.2, 0) is 11.3 Å². The molecule has 35 heavy (non-hydrogen) atoms. The highest BCUT2D eigenvalue weighted by Gasteiger charge is 2.28. The molecule has 1 N–H and O–H groups in total. The molecule has 1 saturated heterocycles. The van der Waals surface area contributed by atoms with E-state index >= 15 is 0 Å². The Balaban J connectivity index is 1.73. The van der Waals surface area contributed by atoms with Crippen molar-refractivity contribution in [2.45, 2.75) is 52.3 Å². The lowest BCUT2D eigenvalue weighted by molar-refractivity contribution is 0.0789. The summed E-state index contributed by atoms with van der Waals surface area (Å²) in [7, 11) is 0. The third-order valence-electron chi connectivity index (χ3n) is 5.73. The molecule has 1 fully saturated rings. The maximum absolute atomic E-state index is 14.5. The van der Waals surface area contributed by atoms with Gasteiger partial charge < -0.3 is 19.7 Å². The summed E-state index contributed by atoms with van der Waals surface area (Å²) in [5, 5.41) is 7.58. The summed E-state index contributed by atoms with van der Waals surface area (Å²) in [4.78, 5) is 14.8. The van der Waals surface area contributed by atoms with E-state index in [-0.39, 0.29) is 36.4 Å². The van der Waals surface area contributed by atoms with Crippen LogP contribution in [0.15, 0.2) is 48.5 Å². The Kier molecular flexibility index (Phi) is 7.65. The SMILES string of the molecule is Cc1nn(-c2ccccc2)c(Oc2ccc(F)cc2F)c1CN(C[C@H]1CCCO1)C(=O)NC(C)C. The number of urea groups is 1. The van der Waals surface area contributed by atoms with Crippen LogP contribution in [0.4, 0.5) is 13.6 Å². The fourth-order valence-electron chi connectivity index (χ4n) is 4.01. The molecule has 1 aliphatic rings. The average Bonchev–Trinajstić information content (AvgIpc) is 3.44. The molecule has 0 radical (unpaired) electrons. The lowest BCUT2D eigenvalue weighted by Gasteiger charge is -2.27. The summed E-state index contributed by atoms with van der Waals surface area (Å²) >= 11 is 0. The normalized spacial score (nSPS) is 15.4. The molecule has 2 amide bonds. The molecule has 186 valence electrons. The number of ether oxygens (including phenoxy) is 2. The zero-order valence-electron chi connectivity index (χ0n) is 20.1. The molecule has 2 heterocycles. The number of halogens is 2. The molecule has 1 atom stereocenters. The minimum absolute atomic E-state index is 0.0494. The standard InChI is InChI=1S/C26H30F2N4O3/c1-17(2)29-26(33)31(15-21-10-7-13-34-21)16-22-18(3)30-32(20-8-5-4-6-9-20)25(22)35-24-12-11-19(27)14-23(24)28/h4-6,8-9,11-12,14,17,21H,7,10,13,15-16H2,1-3H3,(H,29,33)/t21-/m1/s1. The highest BCUT2D eigenvalue weighted by molar-refractivity contribution is 5.74. The number of hydrogen-bond donors (Lipinski definition) is 1. The van der Waals surface area contributed by atoms with Crippen molar-refractivity contribution >= 4 is 6.03 Å². The maximum Gasteiger partial charge on any atom is 0.317 e. The largest absolute Gasteiger partial charge is 0.435 e. The molecule has 2 aromatic carbocycles. The fraction of sp³-hybridized carbons (Fsp3) is 0.385. The molecule has 0 spiro atoms.